The third kappa shape index (κ3) is 6.82. The van der Waals surface area contributed by atoms with E-state index in [-0.39, 0.29) is 12.0 Å². The van der Waals surface area contributed by atoms with Crippen LogP contribution in [-0.2, 0) is 17.9 Å². The van der Waals surface area contributed by atoms with Crippen molar-refractivity contribution in [3.8, 4) is 28.7 Å². The average Bonchev–Trinajstić information content (AvgIpc) is 3.89. The summed E-state index contributed by atoms with van der Waals surface area (Å²) in [6.07, 6.45) is 3.00. The smallest absolute Gasteiger partial charge is 0.307 e. The predicted octanol–water partition coefficient (Wildman–Crippen LogP) is 6.51. The molecule has 2 fully saturated rings. The van der Waals surface area contributed by atoms with Crippen LogP contribution in [0.25, 0.3) is 44.7 Å². The van der Waals surface area contributed by atoms with Gasteiger partial charge in [-0.05, 0) is 104 Å². The van der Waals surface area contributed by atoms with Crippen LogP contribution in [0, 0.1) is 38.0 Å². The molecule has 0 aliphatic carbocycles. The monoisotopic (exact) mass is 708 g/mol. The van der Waals surface area contributed by atoms with Crippen LogP contribution in [0.4, 0.5) is 11.5 Å². The molecule has 2 aliphatic rings. The van der Waals surface area contributed by atoms with Gasteiger partial charge in [0.25, 0.3) is 0 Å². The van der Waals surface area contributed by atoms with Crippen LogP contribution < -0.4 is 5.32 Å². The topological polar surface area (TPSA) is 165 Å². The van der Waals surface area contributed by atoms with Crippen LogP contribution in [-0.4, -0.2) is 78.2 Å². The molecule has 2 unspecified atom stereocenters. The summed E-state index contributed by atoms with van der Waals surface area (Å²) >= 11 is 0. The minimum Gasteiger partial charge on any atom is -0.481 e. The summed E-state index contributed by atoms with van der Waals surface area (Å²) in [7, 11) is 0. The summed E-state index contributed by atoms with van der Waals surface area (Å²) in [5.74, 6) is 0.566. The zero-order chi connectivity index (χ0) is 36.8. The van der Waals surface area contributed by atoms with E-state index in [1.807, 2.05) is 56.4 Å². The normalized spacial score (nSPS) is 17.9. The first-order chi connectivity index (χ1) is 25.6. The fourth-order valence-corrected chi connectivity index (χ4v) is 7.73. The largest absolute Gasteiger partial charge is 0.481 e. The number of aliphatic hydroxyl groups excluding tert-OH is 1. The van der Waals surface area contributed by atoms with Gasteiger partial charge >= 0.3 is 5.97 Å². The number of fused-ring (bicyclic) bond motifs is 2. The number of anilines is 2. The Bertz CT molecular complexity index is 2440. The van der Waals surface area contributed by atoms with Crippen LogP contribution in [0.15, 0.2) is 65.2 Å². The molecule has 0 saturated carbocycles. The van der Waals surface area contributed by atoms with Crippen molar-refractivity contribution in [2.45, 2.75) is 52.8 Å². The molecule has 8 rings (SSSR count). The number of carbonyl (C=O) groups is 1. The number of pyridine rings is 1. The Morgan fingerprint density at radius 3 is 2.38 bits per heavy atom. The van der Waals surface area contributed by atoms with Crippen molar-refractivity contribution < 1.29 is 19.4 Å². The molecule has 0 radical (unpaired) electrons. The van der Waals surface area contributed by atoms with Crippen molar-refractivity contribution in [2.24, 2.45) is 5.92 Å². The molecule has 268 valence electrons. The number of nitrogens with one attached hydrogen (secondary N) is 1. The molecule has 53 heavy (non-hydrogen) atoms. The zero-order valence-electron chi connectivity index (χ0n) is 29.9. The number of nitriles is 1. The van der Waals surface area contributed by atoms with Gasteiger partial charge in [-0.2, -0.15) is 5.26 Å². The molecule has 12 nitrogen and oxygen atoms in total. The Morgan fingerprint density at radius 2 is 1.62 bits per heavy atom. The lowest BCUT2D eigenvalue weighted by atomic mass is 9.93. The van der Waals surface area contributed by atoms with Gasteiger partial charge in [0.05, 0.1) is 23.1 Å². The van der Waals surface area contributed by atoms with Gasteiger partial charge in [0.2, 0.25) is 5.89 Å². The number of aliphatic carboxylic acids is 1. The van der Waals surface area contributed by atoms with E-state index in [1.165, 1.54) is 0 Å². The highest BCUT2D eigenvalue weighted by atomic mass is 16.4. The molecule has 5 heterocycles. The lowest BCUT2D eigenvalue weighted by Crippen LogP contribution is -2.22. The molecule has 12 heteroatoms. The van der Waals surface area contributed by atoms with Gasteiger partial charge < -0.3 is 19.9 Å². The van der Waals surface area contributed by atoms with Gasteiger partial charge in [0.15, 0.2) is 11.4 Å². The number of β-amino-alcohol motifs (C(OH)–C–C–N with tert-alkyl or cyclic N) is 1. The number of hydrogen-bond acceptors (Lipinski definition) is 11. The van der Waals surface area contributed by atoms with E-state index in [0.29, 0.717) is 78.9 Å². The number of aliphatic hydroxyl groups is 1. The van der Waals surface area contributed by atoms with Crippen molar-refractivity contribution in [1.29, 1.82) is 5.26 Å². The maximum absolute atomic E-state index is 11.5. The molecule has 2 atom stereocenters. The third-order valence-electron chi connectivity index (χ3n) is 10.5. The highest BCUT2D eigenvalue weighted by molar-refractivity contribution is 5.90. The summed E-state index contributed by atoms with van der Waals surface area (Å²) in [5.41, 5.74) is 10.6. The number of likely N-dealkylation sites (tertiary alicyclic amines) is 2. The molecule has 6 aromatic rings. The number of carboxylic acid groups (broad SMARTS) is 1. The Hall–Kier alpha value is -5.74. The molecule has 3 aromatic carbocycles. The third-order valence-corrected chi connectivity index (χ3v) is 10.5. The predicted molar refractivity (Wildman–Crippen MR) is 201 cm³/mol. The number of hydrogen-bond donors (Lipinski definition) is 3. The second kappa shape index (κ2) is 14.0. The van der Waals surface area contributed by atoms with E-state index in [1.54, 1.807) is 0 Å². The first-order valence-electron chi connectivity index (χ1n) is 17.9. The van der Waals surface area contributed by atoms with Crippen LogP contribution >= 0.6 is 0 Å². The van der Waals surface area contributed by atoms with Crippen LogP contribution in [0.3, 0.4) is 0 Å². The maximum Gasteiger partial charge on any atom is 0.307 e. The van der Waals surface area contributed by atoms with Crippen molar-refractivity contribution in [3.05, 3.63) is 94.4 Å². The standard InChI is InChI=1S/C41H40N8O4/c1-23-31(6-4-8-33(23)40-47-36-15-26(14-29(17-42)38(36)53-40)19-48-12-10-28(21-48)41(51)52)32-7-5-9-34(24(32)2)46-39-37-35(44-25(3)45-39)16-27(18-43-37)20-49-13-11-30(50)22-49/h4-9,14-16,18,28,30,50H,10-13,19-22H2,1-3H3,(H,51,52)(H,44,45,46). The van der Waals surface area contributed by atoms with Crippen molar-refractivity contribution in [3.63, 3.8) is 0 Å². The van der Waals surface area contributed by atoms with Crippen molar-refractivity contribution in [1.82, 2.24) is 29.7 Å². The highest BCUT2D eigenvalue weighted by Crippen LogP contribution is 2.38. The first-order valence-corrected chi connectivity index (χ1v) is 17.9. The van der Waals surface area contributed by atoms with Gasteiger partial charge in [-0.25, -0.2) is 15.0 Å². The molecule has 0 amide bonds. The number of nitrogens with zero attached hydrogens (tertiary/aromatic N) is 7. The number of oxazole rings is 1. The van der Waals surface area contributed by atoms with E-state index in [4.69, 9.17) is 24.4 Å². The number of carboxylic acids is 1. The summed E-state index contributed by atoms with van der Waals surface area (Å²) < 4.78 is 6.28. The average molecular weight is 709 g/mol. The quantitative estimate of drug-likeness (QED) is 0.149. The molecule has 3 aromatic heterocycles. The van der Waals surface area contributed by atoms with E-state index in [9.17, 15) is 20.3 Å². The van der Waals surface area contributed by atoms with Gasteiger partial charge in [-0.15, -0.1) is 0 Å². The van der Waals surface area contributed by atoms with Crippen LogP contribution in [0.2, 0.25) is 0 Å². The molecule has 3 N–H and O–H groups in total. The van der Waals surface area contributed by atoms with Crippen molar-refractivity contribution in [2.75, 3.05) is 31.5 Å². The maximum atomic E-state index is 11.5. The highest BCUT2D eigenvalue weighted by Gasteiger charge is 2.28. The van der Waals surface area contributed by atoms with Gasteiger partial charge in [0, 0.05) is 50.2 Å². The van der Waals surface area contributed by atoms with Crippen LogP contribution in [0.5, 0.6) is 0 Å². The molecule has 2 aliphatic heterocycles. The van der Waals surface area contributed by atoms with Gasteiger partial charge in [0.1, 0.15) is 22.9 Å². The summed E-state index contributed by atoms with van der Waals surface area (Å²) in [6, 6.07) is 20.3. The second-order valence-corrected chi connectivity index (χ2v) is 14.3. The van der Waals surface area contributed by atoms with E-state index in [2.05, 4.69) is 46.3 Å². The van der Waals surface area contributed by atoms with Gasteiger partial charge in [-0.3, -0.25) is 19.6 Å². The van der Waals surface area contributed by atoms with Crippen molar-refractivity contribution >= 4 is 39.6 Å². The second-order valence-electron chi connectivity index (χ2n) is 14.3. The summed E-state index contributed by atoms with van der Waals surface area (Å²) in [6.45, 7) is 9.98. The number of aryl methyl sites for hydroxylation is 1. The SMILES string of the molecule is Cc1nc(Nc2cccc(-c3cccc(-c4nc5cc(CN6CCC(C(=O)O)C6)cc(C#N)c5o4)c3C)c2C)c2ncc(CN3CCC(O)C3)cc2n1. The number of rotatable bonds is 9. The molecular weight excluding hydrogens is 669 g/mol. The summed E-state index contributed by atoms with van der Waals surface area (Å²) in [4.78, 5) is 34.9. The van der Waals surface area contributed by atoms with Gasteiger partial charge in [-0.1, -0.05) is 24.3 Å². The minimum atomic E-state index is -0.769. The van der Waals surface area contributed by atoms with E-state index >= 15 is 0 Å². The lowest BCUT2D eigenvalue weighted by molar-refractivity contribution is -0.141. The van der Waals surface area contributed by atoms with E-state index < -0.39 is 5.97 Å². The zero-order valence-corrected chi connectivity index (χ0v) is 29.9. The number of benzene rings is 3. The fraction of sp³-hybridized carbons (Fsp3) is 0.317. The molecule has 0 spiro atoms. The lowest BCUT2D eigenvalue weighted by Gasteiger charge is -2.17. The first kappa shape index (κ1) is 34.4. The van der Waals surface area contributed by atoms with Crippen LogP contribution in [0.1, 0.15) is 46.5 Å². The molecular formula is C41H40N8O4. The minimum absolute atomic E-state index is 0.272. The molecule has 0 bridgehead atoms. The fourth-order valence-electron chi connectivity index (χ4n) is 7.73. The molecule has 2 saturated heterocycles. The Kier molecular flexibility index (Phi) is 9.08. The Balaban J connectivity index is 1.08. The Labute approximate surface area is 306 Å². The van der Waals surface area contributed by atoms with E-state index in [0.717, 1.165) is 63.1 Å². The number of aromatic nitrogens is 4. The Morgan fingerprint density at radius 1 is 0.906 bits per heavy atom. The summed E-state index contributed by atoms with van der Waals surface area (Å²) in [5, 5.41) is 32.9.